The Hall–Kier alpha value is -1.75. The summed E-state index contributed by atoms with van der Waals surface area (Å²) >= 11 is 0. The maximum Gasteiger partial charge on any atom is 0.257 e. The Morgan fingerprint density at radius 2 is 2.25 bits per heavy atom. The largest absolute Gasteiger partial charge is 0.507 e. The highest BCUT2D eigenvalue weighted by Crippen LogP contribution is 2.26. The molecular formula is C15H22N2O3. The van der Waals surface area contributed by atoms with E-state index in [0.717, 1.165) is 25.7 Å². The van der Waals surface area contributed by atoms with Gasteiger partial charge in [-0.05, 0) is 25.0 Å². The van der Waals surface area contributed by atoms with Crippen LogP contribution in [-0.2, 0) is 0 Å². The van der Waals surface area contributed by atoms with Gasteiger partial charge in [-0.2, -0.15) is 0 Å². The standard InChI is InChI=1S/C15H22N2O3/c1-20-12-6-7-13(14(18)9-12)15(19)17-8-4-2-3-5-11(17)10-16/h6-7,9,11,18H,2-5,8,10,16H2,1H3. The van der Waals surface area contributed by atoms with E-state index in [1.165, 1.54) is 13.2 Å². The van der Waals surface area contributed by atoms with E-state index in [1.807, 2.05) is 0 Å². The first-order chi connectivity index (χ1) is 9.67. The van der Waals surface area contributed by atoms with Crippen LogP contribution in [0, 0.1) is 0 Å². The summed E-state index contributed by atoms with van der Waals surface area (Å²) in [7, 11) is 1.52. The molecule has 1 aromatic rings. The summed E-state index contributed by atoms with van der Waals surface area (Å²) in [5.41, 5.74) is 6.10. The maximum absolute atomic E-state index is 12.6. The Morgan fingerprint density at radius 1 is 1.45 bits per heavy atom. The Kier molecular flexibility index (Phi) is 4.84. The van der Waals surface area contributed by atoms with E-state index in [-0.39, 0.29) is 17.7 Å². The lowest BCUT2D eigenvalue weighted by atomic mass is 10.1. The number of phenols is 1. The van der Waals surface area contributed by atoms with Crippen molar-refractivity contribution in [1.29, 1.82) is 0 Å². The van der Waals surface area contributed by atoms with E-state index < -0.39 is 0 Å². The van der Waals surface area contributed by atoms with Gasteiger partial charge in [-0.3, -0.25) is 4.79 Å². The zero-order valence-electron chi connectivity index (χ0n) is 11.8. The number of carbonyl (C=O) groups is 1. The van der Waals surface area contributed by atoms with E-state index in [0.29, 0.717) is 24.4 Å². The number of amides is 1. The molecule has 0 saturated carbocycles. The molecule has 3 N–H and O–H groups in total. The second kappa shape index (κ2) is 6.61. The van der Waals surface area contributed by atoms with Crippen LogP contribution >= 0.6 is 0 Å². The number of ether oxygens (including phenoxy) is 1. The van der Waals surface area contributed by atoms with Gasteiger partial charge in [-0.15, -0.1) is 0 Å². The molecule has 1 heterocycles. The molecule has 110 valence electrons. The molecule has 0 radical (unpaired) electrons. The van der Waals surface area contributed by atoms with Crippen molar-refractivity contribution in [3.05, 3.63) is 23.8 Å². The maximum atomic E-state index is 12.6. The van der Waals surface area contributed by atoms with Gasteiger partial charge in [-0.1, -0.05) is 12.8 Å². The SMILES string of the molecule is COc1ccc(C(=O)N2CCCCCC2CN)c(O)c1. The fraction of sp³-hybridized carbons (Fsp3) is 0.533. The number of benzene rings is 1. The fourth-order valence-corrected chi connectivity index (χ4v) is 2.66. The van der Waals surface area contributed by atoms with E-state index in [4.69, 9.17) is 10.5 Å². The van der Waals surface area contributed by atoms with Crippen LogP contribution in [0.3, 0.4) is 0 Å². The van der Waals surface area contributed by atoms with Gasteiger partial charge in [0.15, 0.2) is 0 Å². The zero-order chi connectivity index (χ0) is 14.5. The molecule has 1 fully saturated rings. The number of nitrogens with two attached hydrogens (primary N) is 1. The number of phenolic OH excluding ortho intramolecular Hbond substituents is 1. The number of likely N-dealkylation sites (tertiary alicyclic amines) is 1. The smallest absolute Gasteiger partial charge is 0.257 e. The molecule has 0 spiro atoms. The van der Waals surface area contributed by atoms with Gasteiger partial charge in [0, 0.05) is 25.2 Å². The summed E-state index contributed by atoms with van der Waals surface area (Å²) in [6.07, 6.45) is 4.13. The van der Waals surface area contributed by atoms with Gasteiger partial charge >= 0.3 is 0 Å². The Labute approximate surface area is 119 Å². The van der Waals surface area contributed by atoms with Crippen LogP contribution in [0.2, 0.25) is 0 Å². The quantitative estimate of drug-likeness (QED) is 0.883. The molecule has 5 nitrogen and oxygen atoms in total. The first-order valence-electron chi connectivity index (χ1n) is 7.05. The lowest BCUT2D eigenvalue weighted by molar-refractivity contribution is 0.0686. The number of carbonyl (C=O) groups excluding carboxylic acids is 1. The number of hydrogen-bond acceptors (Lipinski definition) is 4. The molecule has 1 amide bonds. The monoisotopic (exact) mass is 278 g/mol. The highest BCUT2D eigenvalue weighted by atomic mass is 16.5. The third-order valence-corrected chi connectivity index (χ3v) is 3.85. The third kappa shape index (κ3) is 3.04. The van der Waals surface area contributed by atoms with Crippen molar-refractivity contribution >= 4 is 5.91 Å². The number of methoxy groups -OCH3 is 1. The average molecular weight is 278 g/mol. The zero-order valence-corrected chi connectivity index (χ0v) is 11.8. The number of hydrogen-bond donors (Lipinski definition) is 2. The summed E-state index contributed by atoms with van der Waals surface area (Å²) < 4.78 is 5.03. The van der Waals surface area contributed by atoms with Crippen LogP contribution in [0.25, 0.3) is 0 Å². The lowest BCUT2D eigenvalue weighted by Gasteiger charge is -2.29. The summed E-state index contributed by atoms with van der Waals surface area (Å²) in [5.74, 6) is 0.335. The molecular weight excluding hydrogens is 256 g/mol. The third-order valence-electron chi connectivity index (χ3n) is 3.85. The minimum atomic E-state index is -0.150. The highest BCUT2D eigenvalue weighted by molar-refractivity contribution is 5.97. The molecule has 1 unspecified atom stereocenters. The first kappa shape index (κ1) is 14.7. The Morgan fingerprint density at radius 3 is 2.90 bits per heavy atom. The van der Waals surface area contributed by atoms with Gasteiger partial charge in [0.1, 0.15) is 11.5 Å². The van der Waals surface area contributed by atoms with Crippen molar-refractivity contribution in [3.8, 4) is 11.5 Å². The van der Waals surface area contributed by atoms with E-state index in [1.54, 1.807) is 17.0 Å². The second-order valence-corrected chi connectivity index (χ2v) is 5.12. The van der Waals surface area contributed by atoms with Gasteiger partial charge in [0.05, 0.1) is 12.7 Å². The van der Waals surface area contributed by atoms with E-state index in [2.05, 4.69) is 0 Å². The minimum absolute atomic E-state index is 0.0469. The lowest BCUT2D eigenvalue weighted by Crippen LogP contribution is -2.44. The molecule has 1 aromatic carbocycles. The van der Waals surface area contributed by atoms with Crippen LogP contribution in [0.1, 0.15) is 36.0 Å². The molecule has 0 aliphatic carbocycles. The van der Waals surface area contributed by atoms with Crippen LogP contribution in [0.5, 0.6) is 11.5 Å². The minimum Gasteiger partial charge on any atom is -0.507 e. The number of rotatable bonds is 3. The van der Waals surface area contributed by atoms with Crippen LogP contribution in [0.15, 0.2) is 18.2 Å². The van der Waals surface area contributed by atoms with Crippen molar-refractivity contribution < 1.29 is 14.6 Å². The average Bonchev–Trinajstić information content (AvgIpc) is 2.71. The number of aromatic hydroxyl groups is 1. The van der Waals surface area contributed by atoms with Crippen LogP contribution < -0.4 is 10.5 Å². The molecule has 5 heteroatoms. The van der Waals surface area contributed by atoms with Gasteiger partial charge in [-0.25, -0.2) is 0 Å². The summed E-state index contributed by atoms with van der Waals surface area (Å²) in [6, 6.07) is 4.81. The molecule has 0 bridgehead atoms. The molecule has 1 aliphatic rings. The van der Waals surface area contributed by atoms with Crippen LogP contribution in [0.4, 0.5) is 0 Å². The summed E-state index contributed by atoms with van der Waals surface area (Å²) in [4.78, 5) is 14.4. The second-order valence-electron chi connectivity index (χ2n) is 5.12. The molecule has 1 atom stereocenters. The Balaban J connectivity index is 2.24. The fourth-order valence-electron chi connectivity index (χ4n) is 2.66. The molecule has 0 aromatic heterocycles. The molecule has 1 aliphatic heterocycles. The van der Waals surface area contributed by atoms with Crippen molar-refractivity contribution in [3.63, 3.8) is 0 Å². The molecule has 2 rings (SSSR count). The highest BCUT2D eigenvalue weighted by Gasteiger charge is 2.26. The molecule has 20 heavy (non-hydrogen) atoms. The predicted octanol–water partition coefficient (Wildman–Crippen LogP) is 1.74. The van der Waals surface area contributed by atoms with Crippen LogP contribution in [-0.4, -0.2) is 42.2 Å². The van der Waals surface area contributed by atoms with E-state index >= 15 is 0 Å². The number of nitrogens with zero attached hydrogens (tertiary/aromatic N) is 1. The van der Waals surface area contributed by atoms with Crippen molar-refractivity contribution in [2.75, 3.05) is 20.2 Å². The topological polar surface area (TPSA) is 75.8 Å². The first-order valence-corrected chi connectivity index (χ1v) is 7.05. The van der Waals surface area contributed by atoms with Crippen molar-refractivity contribution in [1.82, 2.24) is 4.90 Å². The molecule has 1 saturated heterocycles. The van der Waals surface area contributed by atoms with Crippen molar-refractivity contribution in [2.45, 2.75) is 31.7 Å². The van der Waals surface area contributed by atoms with E-state index in [9.17, 15) is 9.90 Å². The Bertz CT molecular complexity index is 476. The van der Waals surface area contributed by atoms with Gasteiger partial charge in [0.25, 0.3) is 5.91 Å². The predicted molar refractivity (Wildman–Crippen MR) is 77.0 cm³/mol. The summed E-state index contributed by atoms with van der Waals surface area (Å²) in [5, 5.41) is 9.99. The summed E-state index contributed by atoms with van der Waals surface area (Å²) in [6.45, 7) is 1.16. The van der Waals surface area contributed by atoms with Crippen molar-refractivity contribution in [2.24, 2.45) is 5.73 Å². The van der Waals surface area contributed by atoms with Gasteiger partial charge in [0.2, 0.25) is 0 Å². The normalized spacial score (nSPS) is 19.5. The van der Waals surface area contributed by atoms with Gasteiger partial charge < -0.3 is 20.5 Å².